The summed E-state index contributed by atoms with van der Waals surface area (Å²) in [4.78, 5) is 15.4. The lowest BCUT2D eigenvalue weighted by atomic mass is 10.2. The molecule has 1 aromatic carbocycles. The smallest absolute Gasteiger partial charge is 0.255 e. The fraction of sp³-hybridized carbons (Fsp3) is 0. The summed E-state index contributed by atoms with van der Waals surface area (Å²) in [6, 6.07) is 5.71. The monoisotopic (exact) mass is 358 g/mol. The van der Waals surface area contributed by atoms with Crippen LogP contribution in [0.2, 0.25) is 0 Å². The lowest BCUT2D eigenvalue weighted by molar-refractivity contribution is 0.102. The third-order valence-electron chi connectivity index (χ3n) is 2.17. The van der Waals surface area contributed by atoms with Gasteiger partial charge in [-0.1, -0.05) is 0 Å². The zero-order valence-electron chi connectivity index (χ0n) is 9.02. The van der Waals surface area contributed by atoms with E-state index in [1.54, 1.807) is 12.1 Å². The van der Waals surface area contributed by atoms with E-state index in [2.05, 4.69) is 10.3 Å². The van der Waals surface area contributed by atoms with Crippen LogP contribution >= 0.6 is 22.6 Å². The van der Waals surface area contributed by atoms with Crippen LogP contribution in [0.25, 0.3) is 0 Å². The molecule has 92 valence electrons. The van der Waals surface area contributed by atoms with E-state index < -0.39 is 11.7 Å². The Kier molecular flexibility index (Phi) is 3.75. The van der Waals surface area contributed by atoms with Crippen molar-refractivity contribution in [2.24, 2.45) is 0 Å². The Balaban J connectivity index is 2.19. The number of amides is 1. The number of hydrogen-bond acceptors (Lipinski definition) is 3. The summed E-state index contributed by atoms with van der Waals surface area (Å²) in [5.74, 6) is -0.937. The number of aromatic nitrogens is 1. The fourth-order valence-corrected chi connectivity index (χ4v) is 1.67. The van der Waals surface area contributed by atoms with E-state index in [9.17, 15) is 14.3 Å². The van der Waals surface area contributed by atoms with Gasteiger partial charge in [0.2, 0.25) is 0 Å². The van der Waals surface area contributed by atoms with Crippen molar-refractivity contribution in [3.8, 4) is 5.75 Å². The summed E-state index contributed by atoms with van der Waals surface area (Å²) in [5.41, 5.74) is 0.551. The molecular weight excluding hydrogens is 350 g/mol. The van der Waals surface area contributed by atoms with Gasteiger partial charge in [-0.15, -0.1) is 0 Å². The second-order valence-electron chi connectivity index (χ2n) is 3.51. The first-order chi connectivity index (χ1) is 8.56. The average molecular weight is 358 g/mol. The van der Waals surface area contributed by atoms with Crippen LogP contribution in [0.4, 0.5) is 10.1 Å². The lowest BCUT2D eigenvalue weighted by Gasteiger charge is -2.05. The summed E-state index contributed by atoms with van der Waals surface area (Å²) in [6.07, 6.45) is 2.39. The van der Waals surface area contributed by atoms with E-state index in [0.29, 0.717) is 3.57 Å². The Labute approximate surface area is 116 Å². The van der Waals surface area contributed by atoms with Crippen molar-refractivity contribution < 1.29 is 14.3 Å². The summed E-state index contributed by atoms with van der Waals surface area (Å²) in [5, 5.41) is 12.0. The molecule has 0 saturated heterocycles. The highest BCUT2D eigenvalue weighted by molar-refractivity contribution is 14.1. The van der Waals surface area contributed by atoms with Gasteiger partial charge in [0.05, 0.1) is 21.7 Å². The van der Waals surface area contributed by atoms with Gasteiger partial charge in [-0.25, -0.2) is 4.39 Å². The number of halogens is 2. The van der Waals surface area contributed by atoms with E-state index in [1.165, 1.54) is 12.3 Å². The zero-order chi connectivity index (χ0) is 13.1. The molecule has 0 aliphatic heterocycles. The molecule has 0 spiro atoms. The van der Waals surface area contributed by atoms with E-state index in [-0.39, 0.29) is 17.0 Å². The molecule has 0 bridgehead atoms. The van der Waals surface area contributed by atoms with Crippen molar-refractivity contribution in [3.05, 3.63) is 51.6 Å². The molecule has 1 heterocycles. The number of pyridine rings is 1. The van der Waals surface area contributed by atoms with E-state index in [1.807, 2.05) is 22.6 Å². The highest BCUT2D eigenvalue weighted by Gasteiger charge is 2.09. The minimum atomic E-state index is -0.529. The van der Waals surface area contributed by atoms with Gasteiger partial charge in [0.15, 0.2) is 0 Å². The number of nitrogens with zero attached hydrogens (tertiary/aromatic N) is 1. The number of hydrogen-bond donors (Lipinski definition) is 2. The SMILES string of the molecule is O=C(Nc1cncc(F)c1)c1ccc(I)c(O)c1. The second kappa shape index (κ2) is 5.30. The number of anilines is 1. The number of carbonyl (C=O) groups excluding carboxylic acids is 1. The van der Waals surface area contributed by atoms with Crippen molar-refractivity contribution >= 4 is 34.2 Å². The van der Waals surface area contributed by atoms with Crippen molar-refractivity contribution in [2.75, 3.05) is 5.32 Å². The maximum absolute atomic E-state index is 12.9. The normalized spacial score (nSPS) is 10.1. The molecule has 0 fully saturated rings. The predicted octanol–water partition coefficient (Wildman–Crippen LogP) is 2.78. The van der Waals surface area contributed by atoms with Crippen LogP contribution in [0.5, 0.6) is 5.75 Å². The molecule has 0 atom stereocenters. The largest absolute Gasteiger partial charge is 0.507 e. The number of rotatable bonds is 2. The van der Waals surface area contributed by atoms with E-state index >= 15 is 0 Å². The minimum absolute atomic E-state index is 0.0283. The van der Waals surface area contributed by atoms with Crippen LogP contribution in [0, 0.1) is 9.39 Å². The maximum atomic E-state index is 12.9. The molecule has 0 aliphatic carbocycles. The first kappa shape index (κ1) is 12.7. The van der Waals surface area contributed by atoms with Crippen LogP contribution < -0.4 is 5.32 Å². The Morgan fingerprint density at radius 3 is 2.78 bits per heavy atom. The molecule has 0 saturated carbocycles. The van der Waals surface area contributed by atoms with Crippen LogP contribution in [0.1, 0.15) is 10.4 Å². The molecule has 4 nitrogen and oxygen atoms in total. The number of benzene rings is 1. The van der Waals surface area contributed by atoms with Gasteiger partial charge >= 0.3 is 0 Å². The van der Waals surface area contributed by atoms with Crippen LogP contribution in [-0.4, -0.2) is 16.0 Å². The number of phenolic OH excluding ortho intramolecular Hbond substituents is 1. The lowest BCUT2D eigenvalue weighted by Crippen LogP contribution is -2.12. The Hall–Kier alpha value is -1.70. The van der Waals surface area contributed by atoms with Gasteiger partial charge in [-0.2, -0.15) is 0 Å². The fourth-order valence-electron chi connectivity index (χ4n) is 1.34. The summed E-state index contributed by atoms with van der Waals surface area (Å²) in [7, 11) is 0. The topological polar surface area (TPSA) is 62.2 Å². The molecule has 6 heteroatoms. The van der Waals surface area contributed by atoms with Crippen LogP contribution in [0.3, 0.4) is 0 Å². The van der Waals surface area contributed by atoms with E-state index in [4.69, 9.17) is 0 Å². The standard InChI is InChI=1S/C12H8FIN2O2/c13-8-4-9(6-15-5-8)16-12(18)7-1-2-10(14)11(17)3-7/h1-6,17H,(H,16,18). The number of nitrogens with one attached hydrogen (secondary N) is 1. The first-order valence-electron chi connectivity index (χ1n) is 4.96. The maximum Gasteiger partial charge on any atom is 0.255 e. The van der Waals surface area contributed by atoms with E-state index in [0.717, 1.165) is 12.3 Å². The van der Waals surface area contributed by atoms with Gasteiger partial charge in [0.25, 0.3) is 5.91 Å². The Morgan fingerprint density at radius 1 is 1.33 bits per heavy atom. The van der Waals surface area contributed by atoms with Crippen molar-refractivity contribution in [1.82, 2.24) is 4.98 Å². The number of carbonyl (C=O) groups is 1. The molecule has 1 amide bonds. The molecule has 1 aromatic heterocycles. The molecule has 0 radical (unpaired) electrons. The molecule has 2 rings (SSSR count). The molecule has 0 unspecified atom stereocenters. The Bertz CT molecular complexity index is 604. The van der Waals surface area contributed by atoms with Crippen molar-refractivity contribution in [2.45, 2.75) is 0 Å². The molecule has 18 heavy (non-hydrogen) atoms. The minimum Gasteiger partial charge on any atom is -0.507 e. The molecule has 0 aliphatic rings. The average Bonchev–Trinajstić information content (AvgIpc) is 2.32. The highest BCUT2D eigenvalue weighted by atomic mass is 127. The molecular formula is C12H8FIN2O2. The third kappa shape index (κ3) is 2.95. The summed E-state index contributed by atoms with van der Waals surface area (Å²) in [6.45, 7) is 0. The molecule has 2 aromatic rings. The second-order valence-corrected chi connectivity index (χ2v) is 4.67. The van der Waals surface area contributed by atoms with Crippen LogP contribution in [0.15, 0.2) is 36.7 Å². The van der Waals surface area contributed by atoms with Crippen LogP contribution in [-0.2, 0) is 0 Å². The highest BCUT2D eigenvalue weighted by Crippen LogP contribution is 2.21. The summed E-state index contributed by atoms with van der Waals surface area (Å²) >= 11 is 1.95. The quantitative estimate of drug-likeness (QED) is 0.812. The van der Waals surface area contributed by atoms with Crippen molar-refractivity contribution in [1.29, 1.82) is 0 Å². The van der Waals surface area contributed by atoms with Gasteiger partial charge in [-0.3, -0.25) is 9.78 Å². The van der Waals surface area contributed by atoms with Gasteiger partial charge in [-0.05, 0) is 40.8 Å². The predicted molar refractivity (Wildman–Crippen MR) is 73.0 cm³/mol. The van der Waals surface area contributed by atoms with Crippen molar-refractivity contribution in [3.63, 3.8) is 0 Å². The number of aromatic hydroxyl groups is 1. The Morgan fingerprint density at radius 2 is 2.11 bits per heavy atom. The number of phenols is 1. The van der Waals surface area contributed by atoms with Gasteiger partial charge in [0, 0.05) is 11.6 Å². The van der Waals surface area contributed by atoms with Gasteiger partial charge in [0.1, 0.15) is 11.6 Å². The molecule has 2 N–H and O–H groups in total. The summed E-state index contributed by atoms with van der Waals surface area (Å²) < 4.78 is 13.5. The van der Waals surface area contributed by atoms with Gasteiger partial charge < -0.3 is 10.4 Å². The first-order valence-corrected chi connectivity index (χ1v) is 6.04. The third-order valence-corrected chi connectivity index (χ3v) is 3.08. The zero-order valence-corrected chi connectivity index (χ0v) is 11.2.